The first-order valence-electron chi connectivity index (χ1n) is 5.36. The molecule has 82 valence electrons. The summed E-state index contributed by atoms with van der Waals surface area (Å²) in [5.74, 6) is 0.880. The topological polar surface area (TPSA) is 44.5 Å². The number of nitrogen functional groups attached to an aromatic ring is 1. The highest BCUT2D eigenvalue weighted by Gasteiger charge is 2.16. The average Bonchev–Trinajstić information content (AvgIpc) is 2.25. The van der Waals surface area contributed by atoms with E-state index < -0.39 is 0 Å². The Morgan fingerprint density at radius 2 is 2.33 bits per heavy atom. The summed E-state index contributed by atoms with van der Waals surface area (Å²) in [6, 6.07) is 5.75. The normalized spacial score (nSPS) is 21.3. The largest absolute Gasteiger partial charge is 0.488 e. The molecule has 1 aromatic carbocycles. The highest BCUT2D eigenvalue weighted by molar-refractivity contribution is 5.48. The Morgan fingerprint density at radius 1 is 1.47 bits per heavy atom. The molecule has 1 saturated heterocycles. The van der Waals surface area contributed by atoms with E-state index in [0.717, 1.165) is 36.4 Å². The lowest BCUT2D eigenvalue weighted by Crippen LogP contribution is -2.28. The maximum Gasteiger partial charge on any atom is 0.124 e. The molecule has 2 N–H and O–H groups in total. The van der Waals surface area contributed by atoms with Crippen LogP contribution in [-0.2, 0) is 4.74 Å². The third-order valence-electron chi connectivity index (χ3n) is 2.62. The van der Waals surface area contributed by atoms with Crippen LogP contribution in [0.5, 0.6) is 5.75 Å². The van der Waals surface area contributed by atoms with Crippen molar-refractivity contribution in [3.05, 3.63) is 23.8 Å². The van der Waals surface area contributed by atoms with Gasteiger partial charge in [-0.2, -0.15) is 0 Å². The number of hydrogen-bond donors (Lipinski definition) is 1. The van der Waals surface area contributed by atoms with Gasteiger partial charge in [0, 0.05) is 18.4 Å². The van der Waals surface area contributed by atoms with Crippen LogP contribution in [0.2, 0.25) is 0 Å². The Morgan fingerprint density at radius 3 is 3.07 bits per heavy atom. The molecule has 0 amide bonds. The summed E-state index contributed by atoms with van der Waals surface area (Å²) in [6.07, 6.45) is 2.32. The van der Waals surface area contributed by atoms with E-state index in [1.54, 1.807) is 0 Å². The zero-order valence-corrected chi connectivity index (χ0v) is 9.03. The molecule has 1 fully saturated rings. The van der Waals surface area contributed by atoms with Crippen molar-refractivity contribution < 1.29 is 9.47 Å². The standard InChI is InChI=1S/C12H17NO2/c1-9-4-5-10(13)7-12(9)15-11-3-2-6-14-8-11/h4-5,7,11H,2-3,6,8,13H2,1H3. The number of nitrogens with two attached hydrogens (primary N) is 1. The number of anilines is 1. The van der Waals surface area contributed by atoms with Gasteiger partial charge in [0.15, 0.2) is 0 Å². The monoisotopic (exact) mass is 207 g/mol. The van der Waals surface area contributed by atoms with E-state index in [0.29, 0.717) is 6.61 Å². The lowest BCUT2D eigenvalue weighted by molar-refractivity contribution is 0.00718. The summed E-state index contributed by atoms with van der Waals surface area (Å²) in [4.78, 5) is 0. The lowest BCUT2D eigenvalue weighted by atomic mass is 10.1. The van der Waals surface area contributed by atoms with Crippen LogP contribution in [0, 0.1) is 6.92 Å². The van der Waals surface area contributed by atoms with E-state index in [2.05, 4.69) is 0 Å². The number of aryl methyl sites for hydroxylation is 1. The summed E-state index contributed by atoms with van der Waals surface area (Å²) >= 11 is 0. The van der Waals surface area contributed by atoms with Gasteiger partial charge >= 0.3 is 0 Å². The van der Waals surface area contributed by atoms with Crippen LogP contribution >= 0.6 is 0 Å². The SMILES string of the molecule is Cc1ccc(N)cc1OC1CCCOC1. The summed E-state index contributed by atoms with van der Waals surface area (Å²) in [6.45, 7) is 3.57. The fourth-order valence-corrected chi connectivity index (χ4v) is 1.73. The van der Waals surface area contributed by atoms with Crippen molar-refractivity contribution in [2.45, 2.75) is 25.9 Å². The third-order valence-corrected chi connectivity index (χ3v) is 2.62. The molecule has 1 unspecified atom stereocenters. The first kappa shape index (κ1) is 10.3. The van der Waals surface area contributed by atoms with Gasteiger partial charge in [-0.3, -0.25) is 0 Å². The number of rotatable bonds is 2. The van der Waals surface area contributed by atoms with Crippen molar-refractivity contribution in [3.8, 4) is 5.75 Å². The number of hydrogen-bond acceptors (Lipinski definition) is 3. The van der Waals surface area contributed by atoms with Crippen LogP contribution in [0.3, 0.4) is 0 Å². The Hall–Kier alpha value is -1.22. The van der Waals surface area contributed by atoms with Gasteiger partial charge in [-0.25, -0.2) is 0 Å². The first-order chi connectivity index (χ1) is 7.25. The van der Waals surface area contributed by atoms with Gasteiger partial charge in [-0.15, -0.1) is 0 Å². The van der Waals surface area contributed by atoms with Crippen molar-refractivity contribution in [3.63, 3.8) is 0 Å². The van der Waals surface area contributed by atoms with Gasteiger partial charge in [0.25, 0.3) is 0 Å². The molecule has 0 radical (unpaired) electrons. The molecule has 0 spiro atoms. The Balaban J connectivity index is 2.05. The molecule has 3 nitrogen and oxygen atoms in total. The molecule has 3 heteroatoms. The fraction of sp³-hybridized carbons (Fsp3) is 0.500. The molecular formula is C12H17NO2. The van der Waals surface area contributed by atoms with Gasteiger partial charge in [0.05, 0.1) is 6.61 Å². The van der Waals surface area contributed by atoms with Crippen LogP contribution in [0.1, 0.15) is 18.4 Å². The van der Waals surface area contributed by atoms with Gasteiger partial charge in [0.1, 0.15) is 11.9 Å². The van der Waals surface area contributed by atoms with E-state index >= 15 is 0 Å². The highest BCUT2D eigenvalue weighted by atomic mass is 16.5. The number of benzene rings is 1. The van der Waals surface area contributed by atoms with Crippen LogP contribution in [0.15, 0.2) is 18.2 Å². The molecule has 0 aliphatic carbocycles. The van der Waals surface area contributed by atoms with E-state index in [9.17, 15) is 0 Å². The lowest BCUT2D eigenvalue weighted by Gasteiger charge is -2.24. The van der Waals surface area contributed by atoms with E-state index in [1.807, 2.05) is 25.1 Å². The quantitative estimate of drug-likeness (QED) is 0.755. The predicted molar refractivity (Wildman–Crippen MR) is 60.1 cm³/mol. The molecule has 1 heterocycles. The third kappa shape index (κ3) is 2.63. The second-order valence-corrected chi connectivity index (χ2v) is 3.98. The van der Waals surface area contributed by atoms with E-state index in [4.69, 9.17) is 15.2 Å². The molecule has 1 atom stereocenters. The molecule has 0 bridgehead atoms. The first-order valence-corrected chi connectivity index (χ1v) is 5.36. The minimum absolute atomic E-state index is 0.180. The van der Waals surface area contributed by atoms with Crippen molar-refractivity contribution in [1.82, 2.24) is 0 Å². The smallest absolute Gasteiger partial charge is 0.124 e. The molecule has 1 aliphatic rings. The molecular weight excluding hydrogens is 190 g/mol. The van der Waals surface area contributed by atoms with Crippen LogP contribution in [0.4, 0.5) is 5.69 Å². The maximum absolute atomic E-state index is 5.86. The Bertz CT molecular complexity index is 332. The summed E-state index contributed by atoms with van der Waals surface area (Å²) < 4.78 is 11.2. The van der Waals surface area contributed by atoms with Gasteiger partial charge < -0.3 is 15.2 Å². The van der Waals surface area contributed by atoms with Gasteiger partial charge in [-0.1, -0.05) is 6.07 Å². The average molecular weight is 207 g/mol. The van der Waals surface area contributed by atoms with Gasteiger partial charge in [-0.05, 0) is 31.4 Å². The zero-order valence-electron chi connectivity index (χ0n) is 9.03. The molecule has 0 saturated carbocycles. The molecule has 2 rings (SSSR count). The second-order valence-electron chi connectivity index (χ2n) is 3.98. The molecule has 15 heavy (non-hydrogen) atoms. The van der Waals surface area contributed by atoms with Crippen molar-refractivity contribution in [2.24, 2.45) is 0 Å². The molecule has 1 aromatic rings. The second kappa shape index (κ2) is 4.53. The summed E-state index contributed by atoms with van der Waals surface area (Å²) in [5.41, 5.74) is 7.58. The van der Waals surface area contributed by atoms with E-state index in [1.165, 1.54) is 0 Å². The van der Waals surface area contributed by atoms with Crippen LogP contribution in [0.25, 0.3) is 0 Å². The van der Waals surface area contributed by atoms with Gasteiger partial charge in [0.2, 0.25) is 0 Å². The maximum atomic E-state index is 5.86. The molecule has 1 aliphatic heterocycles. The Kier molecular flexibility index (Phi) is 3.11. The molecule has 0 aromatic heterocycles. The fourth-order valence-electron chi connectivity index (χ4n) is 1.73. The number of ether oxygens (including phenoxy) is 2. The highest BCUT2D eigenvalue weighted by Crippen LogP contribution is 2.23. The van der Waals surface area contributed by atoms with Crippen LogP contribution in [-0.4, -0.2) is 19.3 Å². The minimum atomic E-state index is 0.180. The predicted octanol–water partition coefficient (Wildman–Crippen LogP) is 2.14. The summed E-state index contributed by atoms with van der Waals surface area (Å²) in [7, 11) is 0. The van der Waals surface area contributed by atoms with Crippen molar-refractivity contribution in [2.75, 3.05) is 18.9 Å². The van der Waals surface area contributed by atoms with E-state index in [-0.39, 0.29) is 6.10 Å². The summed E-state index contributed by atoms with van der Waals surface area (Å²) in [5, 5.41) is 0. The zero-order chi connectivity index (χ0) is 10.7. The van der Waals surface area contributed by atoms with Crippen molar-refractivity contribution >= 4 is 5.69 Å². The Labute approximate surface area is 90.2 Å². The van der Waals surface area contributed by atoms with Crippen molar-refractivity contribution in [1.29, 1.82) is 0 Å². The van der Waals surface area contributed by atoms with Crippen LogP contribution < -0.4 is 10.5 Å². The minimum Gasteiger partial charge on any atom is -0.488 e.